The lowest BCUT2D eigenvalue weighted by atomic mass is 10.2. The SMILES string of the molecule is CCN(CC(=O)Nc1ccc(N2CCOCC2)cc1)C(=O)c1sc(-c2ccc(F)cc2)nc1C. The summed E-state index contributed by atoms with van der Waals surface area (Å²) in [6, 6.07) is 13.7. The van der Waals surface area contributed by atoms with Crippen LogP contribution in [0.5, 0.6) is 0 Å². The summed E-state index contributed by atoms with van der Waals surface area (Å²) >= 11 is 1.25. The van der Waals surface area contributed by atoms with Crippen LogP contribution in [0.25, 0.3) is 10.6 Å². The molecule has 0 radical (unpaired) electrons. The first-order valence-electron chi connectivity index (χ1n) is 11.2. The van der Waals surface area contributed by atoms with Gasteiger partial charge in [-0.3, -0.25) is 9.59 Å². The summed E-state index contributed by atoms with van der Waals surface area (Å²) in [5, 5.41) is 3.51. The fourth-order valence-corrected chi connectivity index (χ4v) is 4.77. The number of nitrogens with zero attached hydrogens (tertiary/aromatic N) is 3. The van der Waals surface area contributed by atoms with Gasteiger partial charge < -0.3 is 19.9 Å². The molecular weight excluding hydrogens is 455 g/mol. The smallest absolute Gasteiger partial charge is 0.266 e. The number of morpholine rings is 1. The number of aryl methyl sites for hydroxylation is 1. The van der Waals surface area contributed by atoms with Gasteiger partial charge in [-0.15, -0.1) is 11.3 Å². The number of rotatable bonds is 7. The normalized spacial score (nSPS) is 13.6. The number of carbonyl (C=O) groups excluding carboxylic acids is 2. The van der Waals surface area contributed by atoms with Gasteiger partial charge in [0.05, 0.1) is 18.9 Å². The van der Waals surface area contributed by atoms with Crippen molar-refractivity contribution >= 4 is 34.5 Å². The van der Waals surface area contributed by atoms with Crippen LogP contribution in [-0.4, -0.2) is 61.1 Å². The number of hydrogen-bond acceptors (Lipinski definition) is 6. The van der Waals surface area contributed by atoms with E-state index in [1.165, 1.54) is 28.4 Å². The molecule has 1 saturated heterocycles. The van der Waals surface area contributed by atoms with E-state index in [2.05, 4.69) is 15.2 Å². The second-order valence-corrected chi connectivity index (χ2v) is 8.95. The van der Waals surface area contributed by atoms with E-state index in [0.717, 1.165) is 24.3 Å². The molecule has 3 aromatic rings. The Labute approximate surface area is 202 Å². The molecule has 0 bridgehead atoms. The van der Waals surface area contributed by atoms with Gasteiger partial charge in [-0.2, -0.15) is 0 Å². The van der Waals surface area contributed by atoms with Crippen LogP contribution < -0.4 is 10.2 Å². The van der Waals surface area contributed by atoms with E-state index in [0.29, 0.717) is 41.0 Å². The number of carbonyl (C=O) groups is 2. The van der Waals surface area contributed by atoms with Gasteiger partial charge in [-0.1, -0.05) is 0 Å². The third-order valence-corrected chi connectivity index (χ3v) is 6.81. The lowest BCUT2D eigenvalue weighted by molar-refractivity contribution is -0.116. The van der Waals surface area contributed by atoms with Crippen molar-refractivity contribution in [2.45, 2.75) is 13.8 Å². The van der Waals surface area contributed by atoms with Gasteiger partial charge in [0.2, 0.25) is 5.91 Å². The van der Waals surface area contributed by atoms with Gasteiger partial charge in [0, 0.05) is 36.6 Å². The van der Waals surface area contributed by atoms with Crippen molar-refractivity contribution in [2.75, 3.05) is 49.6 Å². The number of ether oxygens (including phenoxy) is 1. The van der Waals surface area contributed by atoms with Gasteiger partial charge in [0.15, 0.2) is 0 Å². The molecular formula is C25H27FN4O3S. The average Bonchev–Trinajstić information content (AvgIpc) is 3.25. The molecule has 1 fully saturated rings. The van der Waals surface area contributed by atoms with Crippen molar-refractivity contribution in [3.05, 3.63) is 64.9 Å². The van der Waals surface area contributed by atoms with Crippen LogP contribution in [0.4, 0.5) is 15.8 Å². The van der Waals surface area contributed by atoms with Crippen molar-refractivity contribution in [1.82, 2.24) is 9.88 Å². The van der Waals surface area contributed by atoms with Gasteiger partial charge in [0.25, 0.3) is 5.91 Å². The lowest BCUT2D eigenvalue weighted by Crippen LogP contribution is -2.37. The minimum absolute atomic E-state index is 0.0657. The topological polar surface area (TPSA) is 74.8 Å². The first kappa shape index (κ1) is 23.8. The maximum Gasteiger partial charge on any atom is 0.266 e. The third kappa shape index (κ3) is 5.60. The van der Waals surface area contributed by atoms with Crippen LogP contribution in [0.15, 0.2) is 48.5 Å². The van der Waals surface area contributed by atoms with Crippen LogP contribution in [0.2, 0.25) is 0 Å². The summed E-state index contributed by atoms with van der Waals surface area (Å²) in [7, 11) is 0. The summed E-state index contributed by atoms with van der Waals surface area (Å²) in [6.45, 7) is 7.03. The van der Waals surface area contributed by atoms with Crippen LogP contribution in [0.3, 0.4) is 0 Å². The largest absolute Gasteiger partial charge is 0.378 e. The Balaban J connectivity index is 1.39. The van der Waals surface area contributed by atoms with Crippen molar-refractivity contribution in [2.24, 2.45) is 0 Å². The van der Waals surface area contributed by atoms with E-state index in [1.54, 1.807) is 19.1 Å². The van der Waals surface area contributed by atoms with E-state index in [9.17, 15) is 14.0 Å². The van der Waals surface area contributed by atoms with E-state index in [-0.39, 0.29) is 24.2 Å². The molecule has 7 nitrogen and oxygen atoms in total. The highest BCUT2D eigenvalue weighted by atomic mass is 32.1. The summed E-state index contributed by atoms with van der Waals surface area (Å²) in [5.41, 5.74) is 3.10. The third-order valence-electron chi connectivity index (χ3n) is 5.61. The molecule has 2 heterocycles. The zero-order chi connectivity index (χ0) is 24.1. The Morgan fingerprint density at radius 1 is 1.12 bits per heavy atom. The minimum Gasteiger partial charge on any atom is -0.378 e. The minimum atomic E-state index is -0.327. The molecule has 178 valence electrons. The molecule has 0 saturated carbocycles. The maximum absolute atomic E-state index is 13.2. The van der Waals surface area contributed by atoms with Crippen LogP contribution in [0.1, 0.15) is 22.3 Å². The first-order valence-corrected chi connectivity index (χ1v) is 12.0. The number of nitrogens with one attached hydrogen (secondary N) is 1. The predicted molar refractivity (Wildman–Crippen MR) is 132 cm³/mol. The zero-order valence-corrected chi connectivity index (χ0v) is 20.0. The van der Waals surface area contributed by atoms with Crippen molar-refractivity contribution in [3.8, 4) is 10.6 Å². The predicted octanol–water partition coefficient (Wildman–Crippen LogP) is 4.20. The van der Waals surface area contributed by atoms with E-state index in [4.69, 9.17) is 4.74 Å². The second kappa shape index (κ2) is 10.8. The summed E-state index contributed by atoms with van der Waals surface area (Å²) < 4.78 is 18.6. The number of benzene rings is 2. The molecule has 2 aromatic carbocycles. The average molecular weight is 483 g/mol. The van der Waals surface area contributed by atoms with Gasteiger partial charge in [0.1, 0.15) is 22.2 Å². The number of halogens is 1. The number of thiazole rings is 1. The number of hydrogen-bond donors (Lipinski definition) is 1. The number of amides is 2. The fraction of sp³-hybridized carbons (Fsp3) is 0.320. The molecule has 1 aliphatic heterocycles. The van der Waals surface area contributed by atoms with Gasteiger partial charge in [-0.25, -0.2) is 9.37 Å². The molecule has 0 atom stereocenters. The summed E-state index contributed by atoms with van der Waals surface area (Å²) in [6.07, 6.45) is 0. The number of anilines is 2. The van der Waals surface area contributed by atoms with Crippen LogP contribution in [0, 0.1) is 12.7 Å². The molecule has 1 aliphatic rings. The maximum atomic E-state index is 13.2. The fourth-order valence-electron chi connectivity index (χ4n) is 3.73. The molecule has 1 aromatic heterocycles. The molecule has 0 aliphatic carbocycles. The van der Waals surface area contributed by atoms with Gasteiger partial charge >= 0.3 is 0 Å². The summed E-state index contributed by atoms with van der Waals surface area (Å²) in [4.78, 5) is 34.5. The molecule has 0 spiro atoms. The first-order chi connectivity index (χ1) is 16.4. The van der Waals surface area contributed by atoms with Crippen LogP contribution >= 0.6 is 11.3 Å². The molecule has 1 N–H and O–H groups in total. The Bertz CT molecular complexity index is 1140. The Morgan fingerprint density at radius 2 is 1.79 bits per heavy atom. The highest BCUT2D eigenvalue weighted by Crippen LogP contribution is 2.29. The molecule has 0 unspecified atom stereocenters. The Kier molecular flexibility index (Phi) is 7.54. The number of aromatic nitrogens is 1. The van der Waals surface area contributed by atoms with Crippen molar-refractivity contribution < 1.29 is 18.7 Å². The van der Waals surface area contributed by atoms with Crippen molar-refractivity contribution in [3.63, 3.8) is 0 Å². The molecule has 9 heteroatoms. The summed E-state index contributed by atoms with van der Waals surface area (Å²) in [5.74, 6) is -0.842. The van der Waals surface area contributed by atoms with Crippen LogP contribution in [-0.2, 0) is 9.53 Å². The highest BCUT2D eigenvalue weighted by molar-refractivity contribution is 7.17. The van der Waals surface area contributed by atoms with E-state index >= 15 is 0 Å². The number of likely N-dealkylation sites (N-methyl/N-ethyl adjacent to an activating group) is 1. The standard InChI is InChI=1S/C25H27FN4O3S/c1-3-29(25(32)23-17(2)27-24(34-23)18-4-6-19(26)7-5-18)16-22(31)28-20-8-10-21(11-9-20)30-12-14-33-15-13-30/h4-11H,3,12-16H2,1-2H3,(H,28,31). The van der Waals surface area contributed by atoms with E-state index in [1.807, 2.05) is 31.2 Å². The zero-order valence-electron chi connectivity index (χ0n) is 19.2. The Morgan fingerprint density at radius 3 is 2.44 bits per heavy atom. The van der Waals surface area contributed by atoms with Crippen molar-refractivity contribution in [1.29, 1.82) is 0 Å². The molecule has 2 amide bonds. The molecule has 34 heavy (non-hydrogen) atoms. The Hall–Kier alpha value is -3.30. The molecule has 4 rings (SSSR count). The van der Waals surface area contributed by atoms with Gasteiger partial charge in [-0.05, 0) is 62.4 Å². The highest BCUT2D eigenvalue weighted by Gasteiger charge is 2.23. The van der Waals surface area contributed by atoms with E-state index < -0.39 is 0 Å². The second-order valence-electron chi connectivity index (χ2n) is 7.95. The monoisotopic (exact) mass is 482 g/mol. The quantitative estimate of drug-likeness (QED) is 0.547. The lowest BCUT2D eigenvalue weighted by Gasteiger charge is -2.29.